The number of fused-ring (bicyclic) bond motifs is 2. The number of hydrogen-bond acceptors (Lipinski definition) is 6. The van der Waals surface area contributed by atoms with Crippen LogP contribution in [0, 0.1) is 0 Å². The number of rotatable bonds is 12. The Bertz CT molecular complexity index is 1870. The van der Waals surface area contributed by atoms with Crippen LogP contribution in [-0.2, 0) is 43.0 Å². The van der Waals surface area contributed by atoms with E-state index in [1.54, 1.807) is 0 Å². The molecule has 14 nitrogen and oxygen atoms in total. The molecule has 0 spiro atoms. The summed E-state index contributed by atoms with van der Waals surface area (Å²) in [4.78, 5) is 85.9. The first kappa shape index (κ1) is 37.6. The zero-order valence-electron chi connectivity index (χ0n) is 27.9. The zero-order chi connectivity index (χ0) is 37.1. The Kier molecular flexibility index (Phi) is 11.3. The fourth-order valence-corrected chi connectivity index (χ4v) is 7.28. The van der Waals surface area contributed by atoms with Crippen LogP contribution in [0.1, 0.15) is 73.0 Å². The SMILES string of the molecule is Cn1c(C(=O)N[C@@H]2CCCCC3CC[C@@H](C(=O)N[C@@H](CCC(N)=O)C(=O)NCc4ccccc4)N3C2=O)cc2cc(C(F)(F)P(=O)(O)O)ccc21. The highest BCUT2D eigenvalue weighted by Gasteiger charge is 2.50. The molecule has 4 atom stereocenters. The van der Waals surface area contributed by atoms with E-state index < -0.39 is 66.5 Å². The average Bonchev–Trinajstić information content (AvgIpc) is 3.66. The van der Waals surface area contributed by atoms with Gasteiger partial charge in [-0.2, -0.15) is 8.78 Å². The molecule has 2 aliphatic rings. The van der Waals surface area contributed by atoms with E-state index in [1.165, 1.54) is 28.6 Å². The Hall–Kier alpha value is -4.66. The van der Waals surface area contributed by atoms with Crippen LogP contribution < -0.4 is 21.7 Å². The number of hydrogen-bond donors (Lipinski definition) is 6. The largest absolute Gasteiger partial charge is 0.399 e. The number of nitrogens with two attached hydrogens (primary N) is 1. The average molecular weight is 731 g/mol. The summed E-state index contributed by atoms with van der Waals surface area (Å²) >= 11 is 0. The third-order valence-electron chi connectivity index (χ3n) is 9.55. The summed E-state index contributed by atoms with van der Waals surface area (Å²) in [6, 6.07) is 10.1. The van der Waals surface area contributed by atoms with E-state index in [4.69, 9.17) is 15.5 Å². The van der Waals surface area contributed by atoms with Gasteiger partial charge in [-0.3, -0.25) is 28.5 Å². The van der Waals surface area contributed by atoms with Gasteiger partial charge in [-0.05, 0) is 55.9 Å². The molecule has 51 heavy (non-hydrogen) atoms. The summed E-state index contributed by atoms with van der Waals surface area (Å²) < 4.78 is 41.6. The molecule has 0 saturated carbocycles. The normalized spacial score (nSPS) is 20.2. The molecule has 3 heterocycles. The summed E-state index contributed by atoms with van der Waals surface area (Å²) in [5.41, 5.74) is 1.17. The van der Waals surface area contributed by atoms with Gasteiger partial charge in [0.05, 0.1) is 0 Å². The van der Waals surface area contributed by atoms with Crippen LogP contribution in [0.2, 0.25) is 0 Å². The summed E-state index contributed by atoms with van der Waals surface area (Å²) in [5, 5.41) is 8.37. The summed E-state index contributed by atoms with van der Waals surface area (Å²) in [7, 11) is -4.30. The standard InChI is InChI=1S/C34H41F2N6O8P/c1-41-26-14-11-22(34(35,36)51(48,49)50)17-21(26)18-28(41)32(46)40-25-10-6-5-9-23-12-15-27(42(23)33(25)47)31(45)39-24(13-16-29(37)43)30(44)38-19-20-7-3-2-4-8-20/h2-4,7-8,11,14,17-18,23-25,27H,5-6,9-10,12-13,15-16,19H2,1H3,(H2,37,43)(H,38,44)(H,39,45)(H,40,46)(H2,48,49,50)/t23?,24-,25+,27-/m0/s1. The Balaban J connectivity index is 1.32. The Morgan fingerprint density at radius 2 is 1.73 bits per heavy atom. The van der Waals surface area contributed by atoms with E-state index in [1.807, 2.05) is 30.3 Å². The van der Waals surface area contributed by atoms with Gasteiger partial charge in [0.15, 0.2) is 0 Å². The second kappa shape index (κ2) is 15.3. The van der Waals surface area contributed by atoms with E-state index in [9.17, 15) is 37.3 Å². The number of aryl methyl sites for hydroxylation is 1. The van der Waals surface area contributed by atoms with Crippen LogP contribution in [-0.4, -0.2) is 73.0 Å². The first-order valence-corrected chi connectivity index (χ1v) is 18.3. The summed E-state index contributed by atoms with van der Waals surface area (Å²) in [6.45, 7) is 0.192. The predicted molar refractivity (Wildman–Crippen MR) is 181 cm³/mol. The minimum atomic E-state index is -5.82. The van der Waals surface area contributed by atoms with Crippen molar-refractivity contribution in [2.45, 2.75) is 87.7 Å². The highest BCUT2D eigenvalue weighted by atomic mass is 31.2. The third-order valence-corrected chi connectivity index (χ3v) is 10.5. The summed E-state index contributed by atoms with van der Waals surface area (Å²) in [5.74, 6) is -2.89. The van der Waals surface area contributed by atoms with E-state index in [2.05, 4.69) is 16.0 Å². The molecule has 3 aromatic rings. The van der Waals surface area contributed by atoms with Gasteiger partial charge in [-0.15, -0.1) is 0 Å². The van der Waals surface area contributed by atoms with Crippen molar-refractivity contribution in [3.05, 3.63) is 71.4 Å². The van der Waals surface area contributed by atoms with Crippen LogP contribution in [0.3, 0.4) is 0 Å². The van der Waals surface area contributed by atoms with Gasteiger partial charge in [-0.25, -0.2) is 0 Å². The smallest absolute Gasteiger partial charge is 0.370 e. The van der Waals surface area contributed by atoms with Gasteiger partial charge < -0.3 is 40.9 Å². The highest BCUT2D eigenvalue weighted by molar-refractivity contribution is 7.52. The number of carbonyl (C=O) groups is 5. The van der Waals surface area contributed by atoms with Crippen molar-refractivity contribution < 1.29 is 47.1 Å². The van der Waals surface area contributed by atoms with Crippen LogP contribution in [0.4, 0.5) is 8.78 Å². The lowest BCUT2D eigenvalue weighted by molar-refractivity contribution is -0.143. The van der Waals surface area contributed by atoms with Crippen molar-refractivity contribution in [2.24, 2.45) is 12.8 Å². The molecular weight excluding hydrogens is 689 g/mol. The fraction of sp³-hybridized carbons (Fsp3) is 0.441. The minimum Gasteiger partial charge on any atom is -0.370 e. The van der Waals surface area contributed by atoms with Gasteiger partial charge in [0.2, 0.25) is 23.6 Å². The maximum atomic E-state index is 14.4. The molecule has 274 valence electrons. The first-order valence-electron chi connectivity index (χ1n) is 16.6. The molecule has 2 fully saturated rings. The van der Waals surface area contributed by atoms with Gasteiger partial charge in [0.1, 0.15) is 23.8 Å². The highest BCUT2D eigenvalue weighted by Crippen LogP contribution is 2.59. The van der Waals surface area contributed by atoms with Crippen molar-refractivity contribution in [3.8, 4) is 0 Å². The second-order valence-corrected chi connectivity index (χ2v) is 14.7. The number of nitrogens with one attached hydrogen (secondary N) is 3. The Morgan fingerprint density at radius 1 is 1.02 bits per heavy atom. The number of aromatic nitrogens is 1. The molecule has 5 amide bonds. The number of alkyl halides is 2. The lowest BCUT2D eigenvalue weighted by atomic mass is 9.98. The summed E-state index contributed by atoms with van der Waals surface area (Å²) in [6.07, 6.45) is 2.90. The molecule has 2 aliphatic heterocycles. The Labute approximate surface area is 292 Å². The number of benzene rings is 2. The molecule has 0 bridgehead atoms. The van der Waals surface area contributed by atoms with E-state index >= 15 is 0 Å². The van der Waals surface area contributed by atoms with E-state index in [0.29, 0.717) is 31.2 Å². The molecule has 0 aliphatic carbocycles. The van der Waals surface area contributed by atoms with Crippen LogP contribution in [0.5, 0.6) is 0 Å². The van der Waals surface area contributed by atoms with Gasteiger partial charge in [0, 0.05) is 42.5 Å². The predicted octanol–water partition coefficient (Wildman–Crippen LogP) is 2.50. The van der Waals surface area contributed by atoms with Crippen LogP contribution >= 0.6 is 7.60 Å². The van der Waals surface area contributed by atoms with Gasteiger partial charge >= 0.3 is 13.3 Å². The minimum absolute atomic E-state index is 0.0163. The number of carbonyl (C=O) groups excluding carboxylic acids is 5. The maximum absolute atomic E-state index is 14.4. The third kappa shape index (κ3) is 8.29. The van der Waals surface area contributed by atoms with Gasteiger partial charge in [-0.1, -0.05) is 49.2 Å². The van der Waals surface area contributed by atoms with Crippen molar-refractivity contribution in [2.75, 3.05) is 0 Å². The number of halogens is 2. The topological polar surface area (TPSA) is 213 Å². The number of amides is 5. The monoisotopic (exact) mass is 730 g/mol. The van der Waals surface area contributed by atoms with Crippen molar-refractivity contribution >= 4 is 48.0 Å². The van der Waals surface area contributed by atoms with Gasteiger partial charge in [0.25, 0.3) is 5.91 Å². The molecule has 1 unspecified atom stereocenters. The van der Waals surface area contributed by atoms with E-state index in [0.717, 1.165) is 24.1 Å². The molecular formula is C34H41F2N6O8P. The Morgan fingerprint density at radius 3 is 2.41 bits per heavy atom. The fourth-order valence-electron chi connectivity index (χ4n) is 6.81. The molecule has 2 aromatic carbocycles. The lowest BCUT2D eigenvalue weighted by Crippen LogP contribution is -2.58. The maximum Gasteiger partial charge on any atom is 0.399 e. The number of nitrogens with zero attached hydrogens (tertiary/aromatic N) is 2. The first-order chi connectivity index (χ1) is 24.1. The van der Waals surface area contributed by atoms with E-state index in [-0.39, 0.29) is 42.9 Å². The van der Waals surface area contributed by atoms with Crippen molar-refractivity contribution in [1.82, 2.24) is 25.4 Å². The molecule has 5 rings (SSSR count). The van der Waals surface area contributed by atoms with Crippen molar-refractivity contribution in [3.63, 3.8) is 0 Å². The molecule has 1 aromatic heterocycles. The zero-order valence-corrected chi connectivity index (χ0v) is 28.8. The quantitative estimate of drug-likeness (QED) is 0.152. The molecule has 0 radical (unpaired) electrons. The van der Waals surface area contributed by atoms with Crippen molar-refractivity contribution in [1.29, 1.82) is 0 Å². The number of primary amides is 1. The van der Waals surface area contributed by atoms with Crippen LogP contribution in [0.25, 0.3) is 10.9 Å². The molecule has 7 N–H and O–H groups in total. The second-order valence-electron chi connectivity index (χ2n) is 13.0. The molecule has 2 saturated heterocycles. The lowest BCUT2D eigenvalue weighted by Gasteiger charge is -2.35. The molecule has 17 heteroatoms. The van der Waals surface area contributed by atoms with Crippen LogP contribution in [0.15, 0.2) is 54.6 Å².